The van der Waals surface area contributed by atoms with Gasteiger partial charge >= 0.3 is 0 Å². The topological polar surface area (TPSA) is 46.4 Å². The molecule has 120 valence electrons. The summed E-state index contributed by atoms with van der Waals surface area (Å²) in [4.78, 5) is 18.6. The van der Waals surface area contributed by atoms with E-state index < -0.39 is 0 Å². The Balaban J connectivity index is 1.85. The van der Waals surface area contributed by atoms with Crippen LogP contribution in [0.2, 0.25) is 0 Å². The van der Waals surface area contributed by atoms with Gasteiger partial charge in [0.15, 0.2) is 4.96 Å². The van der Waals surface area contributed by atoms with Gasteiger partial charge < -0.3 is 5.32 Å². The van der Waals surface area contributed by atoms with Crippen LogP contribution in [0, 0.1) is 12.8 Å². The minimum absolute atomic E-state index is 0.0208. The largest absolute Gasteiger partial charge is 0.344 e. The maximum Gasteiger partial charge on any atom is 0.263 e. The number of carbonyl (C=O) groups is 1. The number of hydrogen-bond donors (Lipinski definition) is 1. The molecule has 4 nitrogen and oxygen atoms in total. The van der Waals surface area contributed by atoms with Gasteiger partial charge in [-0.1, -0.05) is 55.5 Å². The molecule has 2 heterocycles. The Kier molecular flexibility index (Phi) is 4.48. The van der Waals surface area contributed by atoms with Crippen LogP contribution in [0.1, 0.15) is 47.2 Å². The molecule has 0 bridgehead atoms. The molecule has 5 heteroatoms. The van der Waals surface area contributed by atoms with Crippen LogP contribution < -0.4 is 5.32 Å². The van der Waals surface area contributed by atoms with Gasteiger partial charge in [-0.3, -0.25) is 9.20 Å². The van der Waals surface area contributed by atoms with Crippen LogP contribution in [0.3, 0.4) is 0 Å². The Labute approximate surface area is 140 Å². The van der Waals surface area contributed by atoms with Crippen LogP contribution in [0.4, 0.5) is 0 Å². The number of rotatable bonds is 5. The first-order chi connectivity index (χ1) is 11.1. The number of aromatic nitrogens is 2. The molecule has 1 amide bonds. The molecule has 0 saturated heterocycles. The summed E-state index contributed by atoms with van der Waals surface area (Å²) in [6.07, 6.45) is 4.56. The molecule has 0 aliphatic carbocycles. The number of fused-ring (bicyclic) bond motifs is 1. The van der Waals surface area contributed by atoms with Crippen molar-refractivity contribution in [2.45, 2.75) is 33.2 Å². The van der Waals surface area contributed by atoms with Gasteiger partial charge in [0.2, 0.25) is 0 Å². The molecule has 3 rings (SSSR count). The number of nitrogens with zero attached hydrogens (tertiary/aromatic N) is 2. The van der Waals surface area contributed by atoms with E-state index in [1.165, 1.54) is 11.3 Å². The predicted octanol–water partition coefficient (Wildman–Crippen LogP) is 4.22. The Hall–Kier alpha value is -2.14. The van der Waals surface area contributed by atoms with E-state index in [2.05, 4.69) is 36.3 Å². The van der Waals surface area contributed by atoms with E-state index in [9.17, 15) is 4.79 Å². The van der Waals surface area contributed by atoms with Crippen LogP contribution in [0.5, 0.6) is 0 Å². The van der Waals surface area contributed by atoms with Crippen molar-refractivity contribution in [3.63, 3.8) is 0 Å². The minimum Gasteiger partial charge on any atom is -0.344 e. The number of imidazole rings is 1. The number of thiazole rings is 1. The summed E-state index contributed by atoms with van der Waals surface area (Å²) in [7, 11) is 0. The van der Waals surface area contributed by atoms with Crippen molar-refractivity contribution in [3.05, 3.63) is 58.9 Å². The van der Waals surface area contributed by atoms with Crippen molar-refractivity contribution in [3.8, 4) is 0 Å². The Morgan fingerprint density at radius 1 is 1.30 bits per heavy atom. The number of benzene rings is 1. The Bertz CT molecular complexity index is 804. The molecular formula is C18H21N3OS. The molecule has 1 N–H and O–H groups in total. The molecule has 0 spiro atoms. The average Bonchev–Trinajstić information content (AvgIpc) is 3.10. The van der Waals surface area contributed by atoms with Crippen molar-refractivity contribution < 1.29 is 4.79 Å². The zero-order valence-corrected chi connectivity index (χ0v) is 14.4. The van der Waals surface area contributed by atoms with E-state index in [1.54, 1.807) is 6.20 Å². The fourth-order valence-electron chi connectivity index (χ4n) is 2.76. The molecular weight excluding hydrogens is 306 g/mol. The number of aryl methyl sites for hydroxylation is 1. The van der Waals surface area contributed by atoms with E-state index in [-0.39, 0.29) is 11.9 Å². The first-order valence-corrected chi connectivity index (χ1v) is 8.66. The second kappa shape index (κ2) is 6.54. The summed E-state index contributed by atoms with van der Waals surface area (Å²) < 4.78 is 1.96. The second-order valence-corrected chi connectivity index (χ2v) is 7.14. The van der Waals surface area contributed by atoms with Crippen LogP contribution in [-0.2, 0) is 0 Å². The fraction of sp³-hybridized carbons (Fsp3) is 0.333. The van der Waals surface area contributed by atoms with E-state index in [1.807, 2.05) is 35.7 Å². The van der Waals surface area contributed by atoms with E-state index in [0.717, 1.165) is 27.5 Å². The van der Waals surface area contributed by atoms with Gasteiger partial charge in [-0.25, -0.2) is 4.98 Å². The zero-order chi connectivity index (χ0) is 16.4. The molecule has 0 unspecified atom stereocenters. The monoisotopic (exact) mass is 327 g/mol. The third kappa shape index (κ3) is 3.29. The summed E-state index contributed by atoms with van der Waals surface area (Å²) in [6, 6.07) is 10.2. The van der Waals surface area contributed by atoms with Gasteiger partial charge in [0.05, 0.1) is 6.04 Å². The molecule has 1 atom stereocenters. The van der Waals surface area contributed by atoms with Gasteiger partial charge in [-0.2, -0.15) is 0 Å². The van der Waals surface area contributed by atoms with Crippen molar-refractivity contribution in [1.82, 2.24) is 14.7 Å². The third-order valence-electron chi connectivity index (χ3n) is 3.91. The molecule has 0 aliphatic rings. The quantitative estimate of drug-likeness (QED) is 0.762. The Morgan fingerprint density at radius 3 is 2.70 bits per heavy atom. The van der Waals surface area contributed by atoms with Crippen molar-refractivity contribution in [2.24, 2.45) is 5.92 Å². The predicted molar refractivity (Wildman–Crippen MR) is 93.9 cm³/mol. The smallest absolute Gasteiger partial charge is 0.263 e. The fourth-order valence-corrected chi connectivity index (χ4v) is 3.75. The van der Waals surface area contributed by atoms with Gasteiger partial charge in [-0.05, 0) is 24.8 Å². The lowest BCUT2D eigenvalue weighted by atomic mass is 9.97. The van der Waals surface area contributed by atoms with Gasteiger partial charge in [0.1, 0.15) is 4.88 Å². The highest BCUT2D eigenvalue weighted by Gasteiger charge is 2.21. The lowest BCUT2D eigenvalue weighted by molar-refractivity contribution is 0.0935. The highest BCUT2D eigenvalue weighted by atomic mass is 32.1. The molecule has 3 aromatic rings. The molecule has 2 aromatic heterocycles. The average molecular weight is 327 g/mol. The summed E-state index contributed by atoms with van der Waals surface area (Å²) in [5.41, 5.74) is 2.09. The van der Waals surface area contributed by atoms with Crippen LogP contribution in [0.15, 0.2) is 42.7 Å². The second-order valence-electron chi connectivity index (χ2n) is 6.16. The van der Waals surface area contributed by atoms with Gasteiger partial charge in [-0.15, -0.1) is 0 Å². The first kappa shape index (κ1) is 15.7. The summed E-state index contributed by atoms with van der Waals surface area (Å²) in [5, 5.41) is 3.20. The maximum absolute atomic E-state index is 12.8. The van der Waals surface area contributed by atoms with Crippen molar-refractivity contribution >= 4 is 22.2 Å². The highest BCUT2D eigenvalue weighted by molar-refractivity contribution is 7.19. The SMILES string of the molecule is Cc1c(C(=O)N[C@@H](CC(C)C)c2ccccc2)sc2nccn12. The Morgan fingerprint density at radius 2 is 2.04 bits per heavy atom. The molecule has 0 aliphatic heterocycles. The van der Waals surface area contributed by atoms with E-state index in [4.69, 9.17) is 0 Å². The number of carbonyl (C=O) groups excluding carboxylic acids is 1. The summed E-state index contributed by atoms with van der Waals surface area (Å²) in [6.45, 7) is 6.30. The minimum atomic E-state index is -0.0208. The van der Waals surface area contributed by atoms with Gasteiger partial charge in [0, 0.05) is 18.1 Å². The van der Waals surface area contributed by atoms with Gasteiger partial charge in [0.25, 0.3) is 5.91 Å². The summed E-state index contributed by atoms with van der Waals surface area (Å²) >= 11 is 1.43. The lowest BCUT2D eigenvalue weighted by Crippen LogP contribution is -2.29. The molecule has 23 heavy (non-hydrogen) atoms. The van der Waals surface area contributed by atoms with Crippen LogP contribution in [0.25, 0.3) is 4.96 Å². The van der Waals surface area contributed by atoms with E-state index in [0.29, 0.717) is 5.92 Å². The first-order valence-electron chi connectivity index (χ1n) is 7.84. The molecule has 0 fully saturated rings. The zero-order valence-electron chi connectivity index (χ0n) is 13.6. The van der Waals surface area contributed by atoms with Crippen LogP contribution in [-0.4, -0.2) is 15.3 Å². The third-order valence-corrected chi connectivity index (χ3v) is 5.08. The molecule has 1 aromatic carbocycles. The number of amides is 1. The number of hydrogen-bond acceptors (Lipinski definition) is 3. The maximum atomic E-state index is 12.8. The van der Waals surface area contributed by atoms with E-state index >= 15 is 0 Å². The number of nitrogens with one attached hydrogen (secondary N) is 1. The molecule has 0 saturated carbocycles. The lowest BCUT2D eigenvalue weighted by Gasteiger charge is -2.21. The van der Waals surface area contributed by atoms with Crippen molar-refractivity contribution in [2.75, 3.05) is 0 Å². The molecule has 0 radical (unpaired) electrons. The normalized spacial score (nSPS) is 12.7. The standard InChI is InChI=1S/C18H21N3OS/c1-12(2)11-15(14-7-5-4-6-8-14)20-17(22)16-13(3)21-10-9-19-18(21)23-16/h4-10,12,15H,11H2,1-3H3,(H,20,22)/t15-/m0/s1. The van der Waals surface area contributed by atoms with Crippen LogP contribution >= 0.6 is 11.3 Å². The van der Waals surface area contributed by atoms with Crippen molar-refractivity contribution in [1.29, 1.82) is 0 Å². The highest BCUT2D eigenvalue weighted by Crippen LogP contribution is 2.25. The summed E-state index contributed by atoms with van der Waals surface area (Å²) in [5.74, 6) is 0.481.